The van der Waals surface area contributed by atoms with E-state index in [2.05, 4.69) is 5.32 Å². The molecule has 2 aromatic rings. The van der Waals surface area contributed by atoms with Crippen molar-refractivity contribution in [2.45, 2.75) is 13.0 Å². The molecule has 0 atom stereocenters. The van der Waals surface area contributed by atoms with Crippen LogP contribution in [0.25, 0.3) is 0 Å². The minimum Gasteiger partial charge on any atom is -0.381 e. The number of hydrogen-bond donors (Lipinski definition) is 2. The van der Waals surface area contributed by atoms with Crippen LogP contribution in [0.2, 0.25) is 0 Å². The van der Waals surface area contributed by atoms with Crippen LogP contribution in [-0.2, 0) is 17.8 Å². The summed E-state index contributed by atoms with van der Waals surface area (Å²) < 4.78 is 0. The number of carbonyl (C=O) groups is 1. The fourth-order valence-electron chi connectivity index (χ4n) is 1.88. The van der Waals surface area contributed by atoms with Crippen molar-refractivity contribution in [3.8, 4) is 0 Å². The molecule has 21 heavy (non-hydrogen) atoms. The highest BCUT2D eigenvalue weighted by Crippen LogP contribution is 2.14. The van der Waals surface area contributed by atoms with Crippen molar-refractivity contribution in [3.05, 3.63) is 69.8 Å². The summed E-state index contributed by atoms with van der Waals surface area (Å²) >= 11 is 0. The second kappa shape index (κ2) is 6.51. The van der Waals surface area contributed by atoms with Crippen molar-refractivity contribution in [2.24, 2.45) is 5.73 Å². The van der Waals surface area contributed by atoms with Crippen molar-refractivity contribution >= 4 is 17.3 Å². The van der Waals surface area contributed by atoms with Gasteiger partial charge >= 0.3 is 0 Å². The van der Waals surface area contributed by atoms with Gasteiger partial charge in [0.05, 0.1) is 11.3 Å². The van der Waals surface area contributed by atoms with E-state index in [9.17, 15) is 14.9 Å². The summed E-state index contributed by atoms with van der Waals surface area (Å²) in [5.74, 6) is -0.360. The van der Waals surface area contributed by atoms with Crippen LogP contribution in [0, 0.1) is 10.1 Å². The molecule has 0 aromatic heterocycles. The van der Waals surface area contributed by atoms with Crippen LogP contribution in [-0.4, -0.2) is 10.8 Å². The molecular weight excluding hydrogens is 270 g/mol. The maximum atomic E-state index is 10.8. The highest BCUT2D eigenvalue weighted by Gasteiger charge is 2.04. The summed E-state index contributed by atoms with van der Waals surface area (Å²) in [6.07, 6.45) is 0.225. The van der Waals surface area contributed by atoms with E-state index >= 15 is 0 Å². The second-order valence-electron chi connectivity index (χ2n) is 4.62. The minimum atomic E-state index is -0.422. The number of nitrogens with zero attached hydrogens (tertiary/aromatic N) is 1. The molecule has 0 aliphatic heterocycles. The Balaban J connectivity index is 1.93. The van der Waals surface area contributed by atoms with Gasteiger partial charge in [-0.15, -0.1) is 0 Å². The van der Waals surface area contributed by atoms with Gasteiger partial charge in [0.2, 0.25) is 5.91 Å². The van der Waals surface area contributed by atoms with E-state index in [4.69, 9.17) is 5.73 Å². The Labute approximate surface area is 121 Å². The van der Waals surface area contributed by atoms with Gasteiger partial charge in [0.1, 0.15) is 0 Å². The van der Waals surface area contributed by atoms with Crippen molar-refractivity contribution in [1.29, 1.82) is 0 Å². The Bertz CT molecular complexity index is 636. The Hall–Kier alpha value is -2.89. The second-order valence-corrected chi connectivity index (χ2v) is 4.62. The number of amides is 1. The third kappa shape index (κ3) is 4.31. The Morgan fingerprint density at radius 3 is 2.14 bits per heavy atom. The lowest BCUT2D eigenvalue weighted by atomic mass is 10.1. The average molecular weight is 285 g/mol. The Morgan fingerprint density at radius 1 is 1.05 bits per heavy atom. The monoisotopic (exact) mass is 285 g/mol. The zero-order valence-electron chi connectivity index (χ0n) is 11.3. The molecule has 0 aliphatic carbocycles. The van der Waals surface area contributed by atoms with Gasteiger partial charge in [0.15, 0.2) is 0 Å². The lowest BCUT2D eigenvalue weighted by Crippen LogP contribution is -2.13. The summed E-state index contributed by atoms with van der Waals surface area (Å²) in [6, 6.07) is 13.8. The van der Waals surface area contributed by atoms with E-state index in [1.807, 2.05) is 24.3 Å². The van der Waals surface area contributed by atoms with Crippen LogP contribution in [0.4, 0.5) is 11.4 Å². The van der Waals surface area contributed by atoms with Crippen LogP contribution >= 0.6 is 0 Å². The molecule has 0 aliphatic rings. The molecule has 0 bridgehead atoms. The van der Waals surface area contributed by atoms with Gasteiger partial charge < -0.3 is 11.1 Å². The van der Waals surface area contributed by atoms with Crippen LogP contribution in [0.15, 0.2) is 48.5 Å². The van der Waals surface area contributed by atoms with E-state index in [0.717, 1.165) is 16.8 Å². The quantitative estimate of drug-likeness (QED) is 0.628. The molecule has 0 saturated heterocycles. The molecule has 0 saturated carbocycles. The topological polar surface area (TPSA) is 98.3 Å². The number of nitrogens with two attached hydrogens (primary N) is 1. The zero-order valence-corrected chi connectivity index (χ0v) is 11.3. The predicted octanol–water partition coefficient (Wildman–Crippen LogP) is 2.23. The summed E-state index contributed by atoms with van der Waals surface area (Å²) in [6.45, 7) is 0.563. The summed E-state index contributed by atoms with van der Waals surface area (Å²) in [7, 11) is 0. The third-order valence-corrected chi connectivity index (χ3v) is 2.98. The van der Waals surface area contributed by atoms with Gasteiger partial charge in [0, 0.05) is 24.4 Å². The Kier molecular flexibility index (Phi) is 4.50. The van der Waals surface area contributed by atoms with Crippen molar-refractivity contribution in [1.82, 2.24) is 0 Å². The number of rotatable bonds is 6. The first-order chi connectivity index (χ1) is 10.0. The van der Waals surface area contributed by atoms with Gasteiger partial charge in [-0.05, 0) is 23.3 Å². The first-order valence-corrected chi connectivity index (χ1v) is 6.39. The molecule has 108 valence electrons. The van der Waals surface area contributed by atoms with E-state index in [1.165, 1.54) is 12.1 Å². The largest absolute Gasteiger partial charge is 0.381 e. The number of primary amides is 1. The van der Waals surface area contributed by atoms with Gasteiger partial charge in [0.25, 0.3) is 5.69 Å². The number of hydrogen-bond acceptors (Lipinski definition) is 4. The maximum absolute atomic E-state index is 10.8. The van der Waals surface area contributed by atoms with E-state index in [-0.39, 0.29) is 18.0 Å². The lowest BCUT2D eigenvalue weighted by Gasteiger charge is -2.07. The van der Waals surface area contributed by atoms with E-state index in [1.54, 1.807) is 12.1 Å². The normalized spacial score (nSPS) is 10.1. The molecule has 1 amide bonds. The predicted molar refractivity (Wildman–Crippen MR) is 79.8 cm³/mol. The number of nitrogens with one attached hydrogen (secondary N) is 1. The number of non-ortho nitro benzene ring substituents is 1. The standard InChI is InChI=1S/C15H15N3O3/c16-15(19)9-11-1-5-13(6-2-11)17-10-12-3-7-14(8-4-12)18(20)21/h1-8,17H,9-10H2,(H2,16,19). The first-order valence-electron chi connectivity index (χ1n) is 6.39. The lowest BCUT2D eigenvalue weighted by molar-refractivity contribution is -0.384. The molecule has 6 heteroatoms. The first kappa shape index (κ1) is 14.5. The fraction of sp³-hybridized carbons (Fsp3) is 0.133. The van der Waals surface area contributed by atoms with Gasteiger partial charge in [-0.1, -0.05) is 24.3 Å². The summed E-state index contributed by atoms with van der Waals surface area (Å²) in [5.41, 5.74) is 7.92. The molecule has 2 rings (SSSR count). The molecular formula is C15H15N3O3. The summed E-state index contributed by atoms with van der Waals surface area (Å²) in [4.78, 5) is 20.9. The number of anilines is 1. The van der Waals surface area contributed by atoms with Crippen molar-refractivity contribution < 1.29 is 9.72 Å². The molecule has 0 unspecified atom stereocenters. The van der Waals surface area contributed by atoms with Gasteiger partial charge in [-0.3, -0.25) is 14.9 Å². The number of nitro benzene ring substituents is 1. The third-order valence-electron chi connectivity index (χ3n) is 2.98. The maximum Gasteiger partial charge on any atom is 0.269 e. The van der Waals surface area contributed by atoms with Crippen LogP contribution in [0.3, 0.4) is 0 Å². The number of carbonyl (C=O) groups excluding carboxylic acids is 1. The average Bonchev–Trinajstić information content (AvgIpc) is 2.46. The smallest absolute Gasteiger partial charge is 0.269 e. The molecule has 3 N–H and O–H groups in total. The zero-order chi connectivity index (χ0) is 15.2. The molecule has 0 heterocycles. The highest BCUT2D eigenvalue weighted by molar-refractivity contribution is 5.76. The molecule has 0 radical (unpaired) electrons. The van der Waals surface area contributed by atoms with Gasteiger partial charge in [-0.2, -0.15) is 0 Å². The van der Waals surface area contributed by atoms with Gasteiger partial charge in [-0.25, -0.2) is 0 Å². The van der Waals surface area contributed by atoms with Crippen molar-refractivity contribution in [3.63, 3.8) is 0 Å². The van der Waals surface area contributed by atoms with Crippen molar-refractivity contribution in [2.75, 3.05) is 5.32 Å². The number of benzene rings is 2. The fourth-order valence-corrected chi connectivity index (χ4v) is 1.88. The number of nitro groups is 1. The molecule has 0 fully saturated rings. The molecule has 6 nitrogen and oxygen atoms in total. The molecule has 0 spiro atoms. The van der Waals surface area contributed by atoms with Crippen LogP contribution < -0.4 is 11.1 Å². The molecule has 2 aromatic carbocycles. The van der Waals surface area contributed by atoms with Crippen LogP contribution in [0.1, 0.15) is 11.1 Å². The van der Waals surface area contributed by atoms with Crippen LogP contribution in [0.5, 0.6) is 0 Å². The highest BCUT2D eigenvalue weighted by atomic mass is 16.6. The Morgan fingerprint density at radius 2 is 1.62 bits per heavy atom. The minimum absolute atomic E-state index is 0.0783. The SMILES string of the molecule is NC(=O)Cc1ccc(NCc2ccc([N+](=O)[O-])cc2)cc1. The van der Waals surface area contributed by atoms with E-state index < -0.39 is 4.92 Å². The summed E-state index contributed by atoms with van der Waals surface area (Å²) in [5, 5.41) is 13.8. The van der Waals surface area contributed by atoms with E-state index in [0.29, 0.717) is 6.54 Å².